The summed E-state index contributed by atoms with van der Waals surface area (Å²) in [5.74, 6) is 0. The fraction of sp³-hybridized carbons (Fsp3) is 0.300. The maximum absolute atomic E-state index is 11.3. The summed E-state index contributed by atoms with van der Waals surface area (Å²) in [4.78, 5) is 14.9. The lowest BCUT2D eigenvalue weighted by atomic mass is 9.96. The molecule has 6 nitrogen and oxygen atoms in total. The van der Waals surface area contributed by atoms with E-state index < -0.39 is 16.6 Å². The van der Waals surface area contributed by atoms with Crippen LogP contribution in [-0.4, -0.2) is 20.5 Å². The van der Waals surface area contributed by atoms with Gasteiger partial charge in [-0.2, -0.15) is 0 Å². The number of aryl methyl sites for hydroxylation is 1. The van der Waals surface area contributed by atoms with Crippen LogP contribution in [0.15, 0.2) is 36.8 Å². The topological polar surface area (TPSA) is 87.0 Å². The zero-order chi connectivity index (χ0) is 11.8. The van der Waals surface area contributed by atoms with Crippen LogP contribution in [0.5, 0.6) is 0 Å². The third-order valence-corrected chi connectivity index (χ3v) is 2.68. The molecule has 0 saturated heterocycles. The quantitative estimate of drug-likeness (QED) is 0.583. The normalized spacial score (nSPS) is 28.2. The minimum absolute atomic E-state index is 0.390. The molecule has 1 aliphatic carbocycles. The van der Waals surface area contributed by atoms with Gasteiger partial charge in [0.25, 0.3) is 0 Å². The standard InChI is InChI=1S/C10H12N4O2/c1-8-6-13(7-12-8)10(14(15)16)5-3-2-4-9(10)11/h2-7,9H,11H2,1H3. The maximum Gasteiger partial charge on any atom is 0.338 e. The highest BCUT2D eigenvalue weighted by atomic mass is 16.6. The molecule has 1 aromatic rings. The van der Waals surface area contributed by atoms with E-state index in [1.54, 1.807) is 31.3 Å². The minimum atomic E-state index is -1.46. The van der Waals surface area contributed by atoms with Crippen molar-refractivity contribution < 1.29 is 4.92 Å². The molecule has 1 heterocycles. The largest absolute Gasteiger partial charge is 0.338 e. The maximum atomic E-state index is 11.3. The molecule has 2 rings (SSSR count). The Morgan fingerprint density at radius 1 is 1.62 bits per heavy atom. The van der Waals surface area contributed by atoms with E-state index >= 15 is 0 Å². The van der Waals surface area contributed by atoms with Gasteiger partial charge in [0.05, 0.1) is 10.6 Å². The Morgan fingerprint density at radius 3 is 2.88 bits per heavy atom. The molecule has 0 spiro atoms. The van der Waals surface area contributed by atoms with E-state index in [9.17, 15) is 10.1 Å². The molecule has 0 radical (unpaired) electrons. The molecule has 2 N–H and O–H groups in total. The van der Waals surface area contributed by atoms with Crippen molar-refractivity contribution in [1.82, 2.24) is 9.55 Å². The third-order valence-electron chi connectivity index (χ3n) is 2.68. The van der Waals surface area contributed by atoms with Crippen LogP contribution in [0.25, 0.3) is 0 Å². The molecule has 16 heavy (non-hydrogen) atoms. The molecule has 1 aliphatic rings. The van der Waals surface area contributed by atoms with Gasteiger partial charge in [0, 0.05) is 12.3 Å². The van der Waals surface area contributed by atoms with E-state index in [0.29, 0.717) is 0 Å². The number of imidazole rings is 1. The van der Waals surface area contributed by atoms with Crippen LogP contribution in [0, 0.1) is 17.0 Å². The van der Waals surface area contributed by atoms with E-state index in [-0.39, 0.29) is 0 Å². The van der Waals surface area contributed by atoms with Gasteiger partial charge in [-0.3, -0.25) is 14.7 Å². The molecule has 0 aromatic carbocycles. The highest BCUT2D eigenvalue weighted by Crippen LogP contribution is 2.26. The molecular formula is C10H12N4O2. The first-order chi connectivity index (χ1) is 7.57. The number of nitrogens with two attached hydrogens (primary N) is 1. The summed E-state index contributed by atoms with van der Waals surface area (Å²) in [5, 5.41) is 11.3. The number of hydrogen-bond donors (Lipinski definition) is 1. The number of rotatable bonds is 2. The summed E-state index contributed by atoms with van der Waals surface area (Å²) in [7, 11) is 0. The molecule has 2 unspecified atom stereocenters. The van der Waals surface area contributed by atoms with Crippen LogP contribution >= 0.6 is 0 Å². The van der Waals surface area contributed by atoms with Gasteiger partial charge in [0.15, 0.2) is 0 Å². The van der Waals surface area contributed by atoms with Gasteiger partial charge in [-0.1, -0.05) is 18.2 Å². The Labute approximate surface area is 92.2 Å². The molecule has 2 atom stereocenters. The fourth-order valence-corrected chi connectivity index (χ4v) is 1.79. The number of nitrogens with zero attached hydrogens (tertiary/aromatic N) is 3. The zero-order valence-electron chi connectivity index (χ0n) is 8.78. The van der Waals surface area contributed by atoms with Crippen LogP contribution in [0.4, 0.5) is 0 Å². The molecule has 84 valence electrons. The predicted molar refractivity (Wildman–Crippen MR) is 58.2 cm³/mol. The molecule has 1 aromatic heterocycles. The lowest BCUT2D eigenvalue weighted by Crippen LogP contribution is -2.53. The lowest BCUT2D eigenvalue weighted by molar-refractivity contribution is -0.587. The SMILES string of the molecule is Cc1cn(C2([N+](=O)[O-])C=CC=CC2N)cn1. The summed E-state index contributed by atoms with van der Waals surface area (Å²) in [6.45, 7) is 1.78. The van der Waals surface area contributed by atoms with Gasteiger partial charge >= 0.3 is 5.66 Å². The second kappa shape index (κ2) is 3.57. The summed E-state index contributed by atoms with van der Waals surface area (Å²) in [6, 6.07) is -0.707. The highest BCUT2D eigenvalue weighted by molar-refractivity contribution is 5.22. The van der Waals surface area contributed by atoms with Gasteiger partial charge in [0.2, 0.25) is 0 Å². The van der Waals surface area contributed by atoms with Gasteiger partial charge < -0.3 is 5.73 Å². The molecule has 0 saturated carbocycles. The van der Waals surface area contributed by atoms with E-state index in [1.165, 1.54) is 17.0 Å². The molecule has 0 bridgehead atoms. The van der Waals surface area contributed by atoms with Crippen LogP contribution < -0.4 is 5.73 Å². The Morgan fingerprint density at radius 2 is 2.38 bits per heavy atom. The molecule has 0 fully saturated rings. The third kappa shape index (κ3) is 1.35. The van der Waals surface area contributed by atoms with Gasteiger partial charge in [-0.15, -0.1) is 0 Å². The first kappa shape index (κ1) is 10.6. The molecular weight excluding hydrogens is 208 g/mol. The van der Waals surface area contributed by atoms with Crippen LogP contribution in [0.2, 0.25) is 0 Å². The van der Waals surface area contributed by atoms with Crippen molar-refractivity contribution in [2.75, 3.05) is 0 Å². The average Bonchev–Trinajstić information content (AvgIpc) is 2.65. The summed E-state index contributed by atoms with van der Waals surface area (Å²) in [6.07, 6.45) is 9.47. The van der Waals surface area contributed by atoms with Crippen molar-refractivity contribution in [3.63, 3.8) is 0 Å². The van der Waals surface area contributed by atoms with Gasteiger partial charge in [-0.05, 0) is 6.92 Å². The Hall–Kier alpha value is -1.95. The van der Waals surface area contributed by atoms with Crippen molar-refractivity contribution >= 4 is 0 Å². The van der Waals surface area contributed by atoms with E-state index in [4.69, 9.17) is 5.73 Å². The van der Waals surface area contributed by atoms with E-state index in [0.717, 1.165) is 5.69 Å². The second-order valence-corrected chi connectivity index (χ2v) is 3.73. The summed E-state index contributed by atoms with van der Waals surface area (Å²) < 4.78 is 1.44. The number of hydrogen-bond acceptors (Lipinski definition) is 4. The smallest absolute Gasteiger partial charge is 0.316 e. The van der Waals surface area contributed by atoms with Crippen LogP contribution in [0.1, 0.15) is 5.69 Å². The van der Waals surface area contributed by atoms with Crippen molar-refractivity contribution in [2.24, 2.45) is 5.73 Å². The summed E-state index contributed by atoms with van der Waals surface area (Å²) in [5.41, 5.74) is 5.08. The summed E-state index contributed by atoms with van der Waals surface area (Å²) >= 11 is 0. The van der Waals surface area contributed by atoms with Crippen LogP contribution in [-0.2, 0) is 5.66 Å². The number of nitro groups is 1. The highest BCUT2D eigenvalue weighted by Gasteiger charge is 2.48. The zero-order valence-corrected chi connectivity index (χ0v) is 8.78. The molecule has 6 heteroatoms. The minimum Gasteiger partial charge on any atom is -0.316 e. The van der Waals surface area contributed by atoms with Crippen molar-refractivity contribution in [3.05, 3.63) is 52.6 Å². The van der Waals surface area contributed by atoms with E-state index in [1.807, 2.05) is 0 Å². The molecule has 0 amide bonds. The van der Waals surface area contributed by atoms with Crippen LogP contribution in [0.3, 0.4) is 0 Å². The Bertz CT molecular complexity index is 477. The fourth-order valence-electron chi connectivity index (χ4n) is 1.79. The Kier molecular flexibility index (Phi) is 2.35. The van der Waals surface area contributed by atoms with Gasteiger partial charge in [0.1, 0.15) is 12.4 Å². The predicted octanol–water partition coefficient (Wildman–Crippen LogP) is 0.574. The van der Waals surface area contributed by atoms with E-state index in [2.05, 4.69) is 4.98 Å². The lowest BCUT2D eigenvalue weighted by Gasteiger charge is -2.28. The van der Waals surface area contributed by atoms with Crippen molar-refractivity contribution in [3.8, 4) is 0 Å². The number of aromatic nitrogens is 2. The first-order valence-corrected chi connectivity index (χ1v) is 4.84. The molecule has 0 aliphatic heterocycles. The Balaban J connectivity index is 2.56. The van der Waals surface area contributed by atoms with Crippen molar-refractivity contribution in [2.45, 2.75) is 18.6 Å². The second-order valence-electron chi connectivity index (χ2n) is 3.73. The van der Waals surface area contributed by atoms with Gasteiger partial charge in [-0.25, -0.2) is 4.98 Å². The monoisotopic (exact) mass is 220 g/mol. The number of allylic oxidation sites excluding steroid dienone is 2. The first-order valence-electron chi connectivity index (χ1n) is 4.84. The van der Waals surface area contributed by atoms with Crippen molar-refractivity contribution in [1.29, 1.82) is 0 Å². The average molecular weight is 220 g/mol.